The monoisotopic (exact) mass is 486 g/mol. The summed E-state index contributed by atoms with van der Waals surface area (Å²) >= 11 is 5.60. The highest BCUT2D eigenvalue weighted by Crippen LogP contribution is 2.20. The third-order valence-electron chi connectivity index (χ3n) is 5.85. The van der Waals surface area contributed by atoms with Gasteiger partial charge in [-0.2, -0.15) is 4.31 Å². The predicted molar refractivity (Wildman–Crippen MR) is 136 cm³/mol. The molecule has 0 radical (unpaired) electrons. The largest absolute Gasteiger partial charge is 0.379 e. The molecule has 2 aliphatic rings. The zero-order valence-electron chi connectivity index (χ0n) is 18.6. The van der Waals surface area contributed by atoms with Crippen molar-refractivity contribution in [3.8, 4) is 0 Å². The molecule has 2 heterocycles. The Balaban J connectivity index is 1.25. The Hall–Kier alpha value is -2.30. The summed E-state index contributed by atoms with van der Waals surface area (Å²) in [6, 6.07) is 17.1. The second-order valence-corrected chi connectivity index (χ2v) is 10.4. The first-order valence-electron chi connectivity index (χ1n) is 11.2. The third-order valence-corrected chi connectivity index (χ3v) is 8.12. The van der Waals surface area contributed by atoms with E-state index in [1.807, 2.05) is 18.2 Å². The van der Waals surface area contributed by atoms with E-state index in [2.05, 4.69) is 39.4 Å². The van der Waals surface area contributed by atoms with E-state index in [4.69, 9.17) is 17.0 Å². The van der Waals surface area contributed by atoms with Gasteiger partial charge in [-0.15, -0.1) is 0 Å². The summed E-state index contributed by atoms with van der Waals surface area (Å²) in [5.41, 5.74) is 2.00. The second kappa shape index (κ2) is 11.2. The minimum Gasteiger partial charge on any atom is -0.379 e. The summed E-state index contributed by atoms with van der Waals surface area (Å²) in [6.45, 7) is 6.16. The number of anilines is 1. The van der Waals surface area contributed by atoms with Crippen LogP contribution in [0, 0.1) is 0 Å². The van der Waals surface area contributed by atoms with Crippen LogP contribution in [0.1, 0.15) is 5.56 Å². The third kappa shape index (κ3) is 6.39. The summed E-state index contributed by atoms with van der Waals surface area (Å²) in [5.74, 6) is 0. The van der Waals surface area contributed by atoms with Gasteiger partial charge in [0.25, 0.3) is 0 Å². The van der Waals surface area contributed by atoms with Gasteiger partial charge in [0.15, 0.2) is 5.11 Å². The molecule has 2 aliphatic heterocycles. The highest BCUT2D eigenvalue weighted by atomic mass is 32.2. The molecule has 0 atom stereocenters. The minimum atomic E-state index is -3.49. The number of morpholine rings is 1. The molecule has 1 N–H and O–H groups in total. The van der Waals surface area contributed by atoms with Crippen LogP contribution < -0.4 is 5.32 Å². The van der Waals surface area contributed by atoms with Gasteiger partial charge in [0.2, 0.25) is 10.0 Å². The van der Waals surface area contributed by atoms with Crippen molar-refractivity contribution in [2.75, 3.05) is 64.3 Å². The molecule has 2 saturated heterocycles. The maximum atomic E-state index is 12.8. The molecule has 0 aromatic heterocycles. The lowest BCUT2D eigenvalue weighted by molar-refractivity contribution is 0.0730. The molecule has 0 saturated carbocycles. The van der Waals surface area contributed by atoms with Crippen LogP contribution in [0.4, 0.5) is 5.69 Å². The van der Waals surface area contributed by atoms with Crippen LogP contribution in [0.5, 0.6) is 0 Å². The van der Waals surface area contributed by atoms with Gasteiger partial charge in [-0.1, -0.05) is 42.5 Å². The summed E-state index contributed by atoms with van der Waals surface area (Å²) in [7, 11) is -3.49. The van der Waals surface area contributed by atoms with Crippen molar-refractivity contribution >= 4 is 39.1 Å². The average molecular weight is 487 g/mol. The molecule has 0 unspecified atom stereocenters. The van der Waals surface area contributed by atoms with Gasteiger partial charge in [-0.25, -0.2) is 8.42 Å². The molecule has 9 heteroatoms. The highest BCUT2D eigenvalue weighted by Gasteiger charge is 2.26. The molecule has 0 spiro atoms. The lowest BCUT2D eigenvalue weighted by atomic mass is 10.2. The average Bonchev–Trinajstić information content (AvgIpc) is 2.86. The Morgan fingerprint density at radius 2 is 1.61 bits per heavy atom. The number of sulfonamides is 1. The lowest BCUT2D eigenvalue weighted by Crippen LogP contribution is -2.49. The van der Waals surface area contributed by atoms with E-state index in [-0.39, 0.29) is 4.90 Å². The van der Waals surface area contributed by atoms with Crippen LogP contribution in [0.2, 0.25) is 0 Å². The molecule has 2 fully saturated rings. The Morgan fingerprint density at radius 3 is 2.27 bits per heavy atom. The van der Waals surface area contributed by atoms with Crippen molar-refractivity contribution in [3.05, 3.63) is 66.2 Å². The maximum Gasteiger partial charge on any atom is 0.243 e. The number of benzene rings is 2. The van der Waals surface area contributed by atoms with Crippen LogP contribution in [0.25, 0.3) is 6.08 Å². The van der Waals surface area contributed by atoms with Crippen molar-refractivity contribution in [2.24, 2.45) is 0 Å². The predicted octanol–water partition coefficient (Wildman–Crippen LogP) is 2.74. The molecule has 4 rings (SSSR count). The van der Waals surface area contributed by atoms with E-state index < -0.39 is 10.0 Å². The topological polar surface area (TPSA) is 65.1 Å². The quantitative estimate of drug-likeness (QED) is 0.630. The summed E-state index contributed by atoms with van der Waals surface area (Å²) in [4.78, 5) is 4.85. The molecule has 0 amide bonds. The Labute approximate surface area is 201 Å². The van der Waals surface area contributed by atoms with E-state index >= 15 is 0 Å². The maximum absolute atomic E-state index is 12.8. The molecule has 2 aromatic carbocycles. The molecule has 33 heavy (non-hydrogen) atoms. The Morgan fingerprint density at radius 1 is 0.939 bits per heavy atom. The number of thiocarbonyl (C=S) groups is 1. The zero-order valence-corrected chi connectivity index (χ0v) is 20.2. The van der Waals surface area contributed by atoms with E-state index in [1.165, 1.54) is 9.87 Å². The van der Waals surface area contributed by atoms with Crippen molar-refractivity contribution in [2.45, 2.75) is 4.90 Å². The SMILES string of the molecule is O=S(=O)(c1ccc(NC(=S)N2CCN(CC=Cc3ccccc3)CC2)cc1)N1CCOCC1. The summed E-state index contributed by atoms with van der Waals surface area (Å²) < 4.78 is 32.2. The molecule has 7 nitrogen and oxygen atoms in total. The van der Waals surface area contributed by atoms with Crippen LogP contribution in [0.15, 0.2) is 65.6 Å². The van der Waals surface area contributed by atoms with Gasteiger partial charge in [-0.05, 0) is 42.0 Å². The Bertz CT molecular complexity index is 1040. The number of piperazine rings is 1. The van der Waals surface area contributed by atoms with Crippen molar-refractivity contribution in [1.82, 2.24) is 14.1 Å². The zero-order chi connectivity index (χ0) is 23.1. The second-order valence-electron chi connectivity index (χ2n) is 8.07. The van der Waals surface area contributed by atoms with E-state index in [0.29, 0.717) is 31.4 Å². The fourth-order valence-electron chi connectivity index (χ4n) is 3.88. The number of ether oxygens (including phenoxy) is 1. The van der Waals surface area contributed by atoms with E-state index in [1.54, 1.807) is 24.3 Å². The first-order chi connectivity index (χ1) is 16.0. The first-order valence-corrected chi connectivity index (χ1v) is 13.0. The van der Waals surface area contributed by atoms with E-state index in [9.17, 15) is 8.42 Å². The summed E-state index contributed by atoms with van der Waals surface area (Å²) in [6.07, 6.45) is 4.36. The molecule has 0 bridgehead atoms. The normalized spacial score (nSPS) is 18.5. The highest BCUT2D eigenvalue weighted by molar-refractivity contribution is 7.89. The smallest absolute Gasteiger partial charge is 0.243 e. The van der Waals surface area contributed by atoms with Gasteiger partial charge in [0, 0.05) is 51.5 Å². The fourth-order valence-corrected chi connectivity index (χ4v) is 5.59. The standard InChI is InChI=1S/C24H30N4O3S2/c29-33(30,28-17-19-31-20-18-28)23-10-8-22(9-11-23)25-24(32)27-15-13-26(14-16-27)12-4-7-21-5-2-1-3-6-21/h1-11H,12-20H2,(H,25,32). The van der Waals surface area contributed by atoms with Gasteiger partial charge in [0.05, 0.1) is 18.1 Å². The van der Waals surface area contributed by atoms with Gasteiger partial charge in [-0.3, -0.25) is 4.90 Å². The molecule has 2 aromatic rings. The van der Waals surface area contributed by atoms with Crippen LogP contribution in [0.3, 0.4) is 0 Å². The number of rotatable bonds is 6. The van der Waals surface area contributed by atoms with E-state index in [0.717, 1.165) is 38.4 Å². The van der Waals surface area contributed by atoms with Crippen molar-refractivity contribution < 1.29 is 13.2 Å². The van der Waals surface area contributed by atoms with Gasteiger partial charge < -0.3 is 15.0 Å². The van der Waals surface area contributed by atoms with Gasteiger partial charge >= 0.3 is 0 Å². The number of nitrogens with one attached hydrogen (secondary N) is 1. The van der Waals surface area contributed by atoms with Crippen LogP contribution in [-0.4, -0.2) is 86.7 Å². The van der Waals surface area contributed by atoms with Gasteiger partial charge in [0.1, 0.15) is 0 Å². The van der Waals surface area contributed by atoms with Crippen LogP contribution >= 0.6 is 12.2 Å². The minimum absolute atomic E-state index is 0.290. The van der Waals surface area contributed by atoms with Crippen molar-refractivity contribution in [3.63, 3.8) is 0 Å². The first kappa shape index (κ1) is 23.8. The molecular formula is C24H30N4O3S2. The molecule has 0 aliphatic carbocycles. The fraction of sp³-hybridized carbons (Fsp3) is 0.375. The Kier molecular flexibility index (Phi) is 8.11. The molecule has 176 valence electrons. The summed E-state index contributed by atoms with van der Waals surface area (Å²) in [5, 5.41) is 3.91. The number of hydrogen-bond donors (Lipinski definition) is 1. The van der Waals surface area contributed by atoms with Crippen LogP contribution in [-0.2, 0) is 14.8 Å². The number of nitrogens with zero attached hydrogens (tertiary/aromatic N) is 3. The lowest BCUT2D eigenvalue weighted by Gasteiger charge is -2.35. The number of hydrogen-bond acceptors (Lipinski definition) is 5. The van der Waals surface area contributed by atoms with Crippen molar-refractivity contribution in [1.29, 1.82) is 0 Å². The molecular weight excluding hydrogens is 456 g/mol.